The predicted octanol–water partition coefficient (Wildman–Crippen LogP) is 2.99. The van der Waals surface area contributed by atoms with Crippen LogP contribution in [0, 0.1) is 25.7 Å². The Kier molecular flexibility index (Phi) is 5.62. The van der Waals surface area contributed by atoms with Crippen molar-refractivity contribution in [1.29, 1.82) is 0 Å². The van der Waals surface area contributed by atoms with Crippen molar-refractivity contribution in [2.24, 2.45) is 11.8 Å². The van der Waals surface area contributed by atoms with Gasteiger partial charge in [-0.1, -0.05) is 13.8 Å². The van der Waals surface area contributed by atoms with Gasteiger partial charge in [0.05, 0.1) is 5.56 Å². The number of hydrogen-bond acceptors (Lipinski definition) is 3. The molecule has 1 saturated heterocycles. The Morgan fingerprint density at radius 3 is 2.73 bits per heavy atom. The highest BCUT2D eigenvalue weighted by Gasteiger charge is 2.26. The summed E-state index contributed by atoms with van der Waals surface area (Å²) >= 11 is 1.68. The number of nitrogens with one attached hydrogen (secondary N) is 1. The molecule has 0 aliphatic carbocycles. The van der Waals surface area contributed by atoms with Gasteiger partial charge in [0.2, 0.25) is 5.91 Å². The standard InChI is InChI=1S/C17H26N2O2S/c1-11(2)16(20)18-9-14-6-5-7-19(10-14)17(21)15-8-12(3)22-13(15)4/h8,11,14H,5-7,9-10H2,1-4H3,(H,18,20)/t14-/m0/s1. The fourth-order valence-corrected chi connectivity index (χ4v) is 3.79. The summed E-state index contributed by atoms with van der Waals surface area (Å²) in [6.45, 7) is 10.1. The zero-order chi connectivity index (χ0) is 16.3. The van der Waals surface area contributed by atoms with Gasteiger partial charge in [0.1, 0.15) is 0 Å². The van der Waals surface area contributed by atoms with E-state index in [9.17, 15) is 9.59 Å². The number of carbonyl (C=O) groups excluding carboxylic acids is 2. The van der Waals surface area contributed by atoms with E-state index in [4.69, 9.17) is 0 Å². The second kappa shape index (κ2) is 7.27. The fourth-order valence-electron chi connectivity index (χ4n) is 2.88. The molecule has 1 N–H and O–H groups in total. The summed E-state index contributed by atoms with van der Waals surface area (Å²) in [5, 5.41) is 2.99. The van der Waals surface area contributed by atoms with Crippen molar-refractivity contribution in [3.05, 3.63) is 21.4 Å². The maximum atomic E-state index is 12.7. The predicted molar refractivity (Wildman–Crippen MR) is 90.3 cm³/mol. The molecule has 0 saturated carbocycles. The van der Waals surface area contributed by atoms with Crippen molar-refractivity contribution in [2.45, 2.75) is 40.5 Å². The maximum Gasteiger partial charge on any atom is 0.254 e. The Labute approximate surface area is 136 Å². The smallest absolute Gasteiger partial charge is 0.254 e. The van der Waals surface area contributed by atoms with Gasteiger partial charge in [-0.05, 0) is 38.7 Å². The van der Waals surface area contributed by atoms with Crippen molar-refractivity contribution in [2.75, 3.05) is 19.6 Å². The van der Waals surface area contributed by atoms with Crippen LogP contribution in [0.5, 0.6) is 0 Å². The zero-order valence-electron chi connectivity index (χ0n) is 13.9. The molecule has 0 aromatic carbocycles. The third-order valence-corrected chi connectivity index (χ3v) is 5.13. The molecule has 22 heavy (non-hydrogen) atoms. The second-order valence-corrected chi connectivity index (χ2v) is 7.95. The number of piperidine rings is 1. The first kappa shape index (κ1) is 17.0. The summed E-state index contributed by atoms with van der Waals surface area (Å²) in [7, 11) is 0. The molecule has 1 fully saturated rings. The third-order valence-electron chi connectivity index (χ3n) is 4.17. The first-order valence-electron chi connectivity index (χ1n) is 8.02. The molecular weight excluding hydrogens is 296 g/mol. The molecule has 1 atom stereocenters. The van der Waals surface area contributed by atoms with Crippen LogP contribution < -0.4 is 5.32 Å². The van der Waals surface area contributed by atoms with E-state index in [1.165, 1.54) is 4.88 Å². The lowest BCUT2D eigenvalue weighted by atomic mass is 9.97. The van der Waals surface area contributed by atoms with Crippen molar-refractivity contribution in [1.82, 2.24) is 10.2 Å². The number of hydrogen-bond donors (Lipinski definition) is 1. The van der Waals surface area contributed by atoms with Crippen molar-refractivity contribution in [3.8, 4) is 0 Å². The van der Waals surface area contributed by atoms with Gasteiger partial charge >= 0.3 is 0 Å². The lowest BCUT2D eigenvalue weighted by molar-refractivity contribution is -0.124. The van der Waals surface area contributed by atoms with Gasteiger partial charge in [-0.2, -0.15) is 0 Å². The molecule has 2 amide bonds. The number of rotatable bonds is 4. The molecule has 0 spiro atoms. The van der Waals surface area contributed by atoms with E-state index in [2.05, 4.69) is 5.32 Å². The van der Waals surface area contributed by atoms with Crippen LogP contribution in [0.3, 0.4) is 0 Å². The van der Waals surface area contributed by atoms with Gasteiger partial charge in [-0.15, -0.1) is 11.3 Å². The fraction of sp³-hybridized carbons (Fsp3) is 0.647. The molecule has 1 aromatic heterocycles. The van der Waals surface area contributed by atoms with Crippen LogP contribution in [0.25, 0.3) is 0 Å². The summed E-state index contributed by atoms with van der Waals surface area (Å²) in [5.74, 6) is 0.604. The van der Waals surface area contributed by atoms with Crippen molar-refractivity contribution < 1.29 is 9.59 Å². The molecule has 1 aliphatic rings. The average molecular weight is 322 g/mol. The minimum atomic E-state index is 0.0118. The minimum absolute atomic E-state index is 0.0118. The van der Waals surface area contributed by atoms with Crippen LogP contribution in [0.15, 0.2) is 6.07 Å². The Morgan fingerprint density at radius 2 is 2.14 bits per heavy atom. The van der Waals surface area contributed by atoms with Crippen LogP contribution in [0.1, 0.15) is 46.8 Å². The Hall–Kier alpha value is -1.36. The number of thiophene rings is 1. The molecule has 0 bridgehead atoms. The van der Waals surface area contributed by atoms with Gasteiger partial charge in [-0.25, -0.2) is 0 Å². The van der Waals surface area contributed by atoms with E-state index in [0.29, 0.717) is 12.5 Å². The van der Waals surface area contributed by atoms with Crippen LogP contribution in [-0.2, 0) is 4.79 Å². The van der Waals surface area contributed by atoms with Gasteiger partial charge in [0.25, 0.3) is 5.91 Å². The van der Waals surface area contributed by atoms with Crippen LogP contribution in [0.4, 0.5) is 0 Å². The number of carbonyl (C=O) groups is 2. The van der Waals surface area contributed by atoms with E-state index in [1.54, 1.807) is 11.3 Å². The summed E-state index contributed by atoms with van der Waals surface area (Å²) in [5.41, 5.74) is 0.842. The molecule has 2 heterocycles. The molecule has 122 valence electrons. The molecule has 1 aliphatic heterocycles. The summed E-state index contributed by atoms with van der Waals surface area (Å²) in [6.07, 6.45) is 2.08. The number of aryl methyl sites for hydroxylation is 2. The first-order chi connectivity index (χ1) is 10.4. The topological polar surface area (TPSA) is 49.4 Å². The molecule has 4 nitrogen and oxygen atoms in total. The monoisotopic (exact) mass is 322 g/mol. The highest BCUT2D eigenvalue weighted by Crippen LogP contribution is 2.24. The lowest BCUT2D eigenvalue weighted by Gasteiger charge is -2.33. The SMILES string of the molecule is Cc1cc(C(=O)N2CCC[C@@H](CNC(=O)C(C)C)C2)c(C)s1. The number of likely N-dealkylation sites (tertiary alicyclic amines) is 1. The first-order valence-corrected chi connectivity index (χ1v) is 8.84. The Balaban J connectivity index is 1.94. The van der Waals surface area contributed by atoms with E-state index in [0.717, 1.165) is 36.4 Å². The lowest BCUT2D eigenvalue weighted by Crippen LogP contribution is -2.44. The van der Waals surface area contributed by atoms with Crippen LogP contribution in [0.2, 0.25) is 0 Å². The Bertz CT molecular complexity index is 551. The zero-order valence-corrected chi connectivity index (χ0v) is 14.8. The highest BCUT2D eigenvalue weighted by molar-refractivity contribution is 7.12. The number of nitrogens with zero attached hydrogens (tertiary/aromatic N) is 1. The maximum absolute atomic E-state index is 12.7. The van der Waals surface area contributed by atoms with Crippen LogP contribution >= 0.6 is 11.3 Å². The molecule has 5 heteroatoms. The van der Waals surface area contributed by atoms with Gasteiger partial charge in [-0.3, -0.25) is 9.59 Å². The summed E-state index contributed by atoms with van der Waals surface area (Å²) in [4.78, 5) is 28.6. The molecular formula is C17H26N2O2S. The highest BCUT2D eigenvalue weighted by atomic mass is 32.1. The largest absolute Gasteiger partial charge is 0.356 e. The summed E-state index contributed by atoms with van der Waals surface area (Å²) < 4.78 is 0. The van der Waals surface area contributed by atoms with E-state index in [1.807, 2.05) is 38.7 Å². The normalized spacial score (nSPS) is 18.6. The average Bonchev–Trinajstić information content (AvgIpc) is 2.82. The van der Waals surface area contributed by atoms with Gasteiger partial charge in [0.15, 0.2) is 0 Å². The molecule has 0 unspecified atom stereocenters. The number of amides is 2. The third kappa shape index (κ3) is 4.09. The van der Waals surface area contributed by atoms with Crippen molar-refractivity contribution >= 4 is 23.2 Å². The molecule has 1 aromatic rings. The molecule has 0 radical (unpaired) electrons. The van der Waals surface area contributed by atoms with Crippen LogP contribution in [-0.4, -0.2) is 36.3 Å². The second-order valence-electron chi connectivity index (χ2n) is 6.49. The van der Waals surface area contributed by atoms with Crippen molar-refractivity contribution in [3.63, 3.8) is 0 Å². The van der Waals surface area contributed by atoms with E-state index < -0.39 is 0 Å². The van der Waals surface area contributed by atoms with E-state index >= 15 is 0 Å². The molecule has 2 rings (SSSR count). The van der Waals surface area contributed by atoms with Gasteiger partial charge < -0.3 is 10.2 Å². The minimum Gasteiger partial charge on any atom is -0.356 e. The quantitative estimate of drug-likeness (QED) is 0.926. The van der Waals surface area contributed by atoms with E-state index in [-0.39, 0.29) is 17.7 Å². The van der Waals surface area contributed by atoms with Gasteiger partial charge in [0, 0.05) is 35.3 Å². The Morgan fingerprint density at radius 1 is 1.41 bits per heavy atom. The summed E-state index contributed by atoms with van der Waals surface area (Å²) in [6, 6.07) is 1.99.